The van der Waals surface area contributed by atoms with Crippen LogP contribution in [0.25, 0.3) is 0 Å². The van der Waals surface area contributed by atoms with Crippen LogP contribution in [-0.2, 0) is 25.9 Å². The molecule has 0 atom stereocenters. The normalized spacial score (nSPS) is 11.2. The molecule has 0 saturated carbocycles. The lowest BCUT2D eigenvalue weighted by molar-refractivity contribution is 0.642. The second kappa shape index (κ2) is 9.27. The van der Waals surface area contributed by atoms with Gasteiger partial charge >= 0.3 is 0 Å². The molecule has 0 saturated heterocycles. The van der Waals surface area contributed by atoms with Crippen molar-refractivity contribution in [3.63, 3.8) is 0 Å². The predicted octanol–water partition coefficient (Wildman–Crippen LogP) is 3.65. The van der Waals surface area contributed by atoms with Crippen LogP contribution in [0.4, 0.5) is 0 Å². The van der Waals surface area contributed by atoms with Crippen LogP contribution in [0.1, 0.15) is 62.0 Å². The van der Waals surface area contributed by atoms with E-state index in [0.29, 0.717) is 0 Å². The van der Waals surface area contributed by atoms with Crippen molar-refractivity contribution < 1.29 is 0 Å². The summed E-state index contributed by atoms with van der Waals surface area (Å²) in [5, 5.41) is 16.9. The summed E-state index contributed by atoms with van der Waals surface area (Å²) in [5.74, 6) is 0. The molecule has 6 heteroatoms. The molecule has 0 unspecified atom stereocenters. The molecule has 3 aromatic rings. The molecule has 2 heterocycles. The van der Waals surface area contributed by atoms with Crippen molar-refractivity contribution in [3.05, 3.63) is 59.2 Å². The molecule has 0 fully saturated rings. The maximum absolute atomic E-state index is 4.24. The number of benzene rings is 1. The van der Waals surface area contributed by atoms with Gasteiger partial charge in [0.25, 0.3) is 0 Å². The summed E-state index contributed by atoms with van der Waals surface area (Å²) in [6, 6.07) is 8.60. The number of nitrogens with zero attached hydrogens (tertiary/aromatic N) is 6. The van der Waals surface area contributed by atoms with E-state index in [1.54, 1.807) is 0 Å². The lowest BCUT2D eigenvalue weighted by atomic mass is 10.1. The average molecular weight is 352 g/mol. The molecule has 0 spiro atoms. The van der Waals surface area contributed by atoms with Crippen molar-refractivity contribution in [2.45, 2.75) is 65.5 Å². The highest BCUT2D eigenvalue weighted by Gasteiger charge is 2.04. The summed E-state index contributed by atoms with van der Waals surface area (Å²) in [4.78, 5) is 0. The smallest absolute Gasteiger partial charge is 0.0827 e. The van der Waals surface area contributed by atoms with Gasteiger partial charge in [-0.3, -0.25) is 0 Å². The first-order valence-corrected chi connectivity index (χ1v) is 9.62. The van der Waals surface area contributed by atoms with Crippen LogP contribution in [0, 0.1) is 0 Å². The Morgan fingerprint density at radius 3 is 1.50 bits per heavy atom. The van der Waals surface area contributed by atoms with Crippen molar-refractivity contribution in [2.75, 3.05) is 0 Å². The van der Waals surface area contributed by atoms with E-state index < -0.39 is 0 Å². The fourth-order valence-corrected chi connectivity index (χ4v) is 2.90. The quantitative estimate of drug-likeness (QED) is 0.559. The second-order valence-electron chi connectivity index (χ2n) is 6.84. The van der Waals surface area contributed by atoms with Gasteiger partial charge in [-0.2, -0.15) is 0 Å². The molecule has 0 aliphatic heterocycles. The average Bonchev–Trinajstić information content (AvgIpc) is 3.29. The number of hydrogen-bond donors (Lipinski definition) is 0. The summed E-state index contributed by atoms with van der Waals surface area (Å²) >= 11 is 0. The van der Waals surface area contributed by atoms with Gasteiger partial charge in [0.1, 0.15) is 0 Å². The highest BCUT2D eigenvalue weighted by molar-refractivity contribution is 5.23. The molecule has 0 bridgehead atoms. The van der Waals surface area contributed by atoms with Gasteiger partial charge in [-0.15, -0.1) is 10.2 Å². The van der Waals surface area contributed by atoms with Gasteiger partial charge in [-0.25, -0.2) is 9.36 Å². The predicted molar refractivity (Wildman–Crippen MR) is 102 cm³/mol. The Morgan fingerprint density at radius 2 is 1.12 bits per heavy atom. The Balaban J connectivity index is 1.54. The van der Waals surface area contributed by atoms with Gasteiger partial charge in [0.2, 0.25) is 0 Å². The minimum absolute atomic E-state index is 0.754. The van der Waals surface area contributed by atoms with Crippen molar-refractivity contribution >= 4 is 0 Å². The van der Waals surface area contributed by atoms with Gasteiger partial charge < -0.3 is 0 Å². The molecule has 0 amide bonds. The van der Waals surface area contributed by atoms with Crippen molar-refractivity contribution in [2.24, 2.45) is 0 Å². The third kappa shape index (κ3) is 5.25. The Hall–Kier alpha value is -2.50. The van der Waals surface area contributed by atoms with E-state index in [4.69, 9.17) is 0 Å². The third-order valence-corrected chi connectivity index (χ3v) is 4.46. The number of rotatable bonds is 10. The van der Waals surface area contributed by atoms with Gasteiger partial charge in [-0.1, -0.05) is 61.4 Å². The Kier molecular flexibility index (Phi) is 6.52. The number of unbranched alkanes of at least 4 members (excludes halogenated alkanes) is 2. The van der Waals surface area contributed by atoms with E-state index in [1.165, 1.54) is 24.0 Å². The van der Waals surface area contributed by atoms with E-state index in [9.17, 15) is 0 Å². The van der Waals surface area contributed by atoms with E-state index in [-0.39, 0.29) is 0 Å². The monoisotopic (exact) mass is 352 g/mol. The SMILES string of the molecule is CCCCc1cn(Cc2ccc(Cn3cc(CCCC)nn3)cc2)nn1. The molecular formula is C20H28N6. The van der Waals surface area contributed by atoms with Crippen molar-refractivity contribution in [3.8, 4) is 0 Å². The molecule has 6 nitrogen and oxygen atoms in total. The highest BCUT2D eigenvalue weighted by atomic mass is 15.4. The molecular weight excluding hydrogens is 324 g/mol. The first kappa shape index (κ1) is 18.3. The van der Waals surface area contributed by atoms with E-state index in [2.05, 4.69) is 71.1 Å². The van der Waals surface area contributed by atoms with Gasteiger partial charge in [0, 0.05) is 12.4 Å². The van der Waals surface area contributed by atoms with Crippen molar-refractivity contribution in [1.29, 1.82) is 0 Å². The van der Waals surface area contributed by atoms with Crippen LogP contribution in [0.15, 0.2) is 36.7 Å². The van der Waals surface area contributed by atoms with E-state index in [0.717, 1.165) is 50.2 Å². The van der Waals surface area contributed by atoms with E-state index in [1.807, 2.05) is 9.36 Å². The molecule has 0 radical (unpaired) electrons. The van der Waals surface area contributed by atoms with Gasteiger partial charge in [0.05, 0.1) is 24.5 Å². The second-order valence-corrected chi connectivity index (χ2v) is 6.84. The first-order chi connectivity index (χ1) is 12.8. The Morgan fingerprint density at radius 1 is 0.692 bits per heavy atom. The molecule has 26 heavy (non-hydrogen) atoms. The molecule has 1 aromatic carbocycles. The molecule has 138 valence electrons. The first-order valence-electron chi connectivity index (χ1n) is 9.62. The van der Waals surface area contributed by atoms with Crippen LogP contribution >= 0.6 is 0 Å². The molecule has 3 rings (SSSR count). The maximum Gasteiger partial charge on any atom is 0.0827 e. The number of hydrogen-bond acceptors (Lipinski definition) is 4. The summed E-state index contributed by atoms with van der Waals surface area (Å²) in [6.45, 7) is 5.89. The van der Waals surface area contributed by atoms with Crippen LogP contribution in [-0.4, -0.2) is 30.0 Å². The highest BCUT2D eigenvalue weighted by Crippen LogP contribution is 2.09. The lowest BCUT2D eigenvalue weighted by Gasteiger charge is -2.04. The summed E-state index contributed by atoms with van der Waals surface area (Å²) in [7, 11) is 0. The van der Waals surface area contributed by atoms with Crippen molar-refractivity contribution in [1.82, 2.24) is 30.0 Å². The van der Waals surface area contributed by atoms with E-state index >= 15 is 0 Å². The zero-order valence-corrected chi connectivity index (χ0v) is 15.8. The fraction of sp³-hybridized carbons (Fsp3) is 0.500. The summed E-state index contributed by atoms with van der Waals surface area (Å²) < 4.78 is 3.83. The van der Waals surface area contributed by atoms with Gasteiger partial charge in [-0.05, 0) is 36.8 Å². The number of aryl methyl sites for hydroxylation is 2. The number of aromatic nitrogens is 6. The molecule has 0 N–H and O–H groups in total. The van der Waals surface area contributed by atoms with Crippen LogP contribution < -0.4 is 0 Å². The minimum atomic E-state index is 0.754. The topological polar surface area (TPSA) is 61.4 Å². The molecule has 0 aliphatic carbocycles. The Bertz CT molecular complexity index is 720. The standard InChI is InChI=1S/C20H28N6/c1-3-5-7-19-15-25(23-21-19)13-17-9-11-18(12-10-17)14-26-16-20(22-24-26)8-6-4-2/h9-12,15-16H,3-8,13-14H2,1-2H3. The summed E-state index contributed by atoms with van der Waals surface area (Å²) in [6.07, 6.45) is 10.8. The van der Waals surface area contributed by atoms with Crippen LogP contribution in [0.3, 0.4) is 0 Å². The van der Waals surface area contributed by atoms with Crippen LogP contribution in [0.5, 0.6) is 0 Å². The lowest BCUT2D eigenvalue weighted by Crippen LogP contribution is -2.03. The minimum Gasteiger partial charge on any atom is -0.248 e. The Labute approximate surface area is 155 Å². The zero-order chi connectivity index (χ0) is 18.2. The third-order valence-electron chi connectivity index (χ3n) is 4.46. The molecule has 2 aromatic heterocycles. The van der Waals surface area contributed by atoms with Gasteiger partial charge in [0.15, 0.2) is 0 Å². The molecule has 0 aliphatic rings. The largest absolute Gasteiger partial charge is 0.248 e. The fourth-order valence-electron chi connectivity index (χ4n) is 2.90. The zero-order valence-electron chi connectivity index (χ0n) is 15.8. The summed E-state index contributed by atoms with van der Waals surface area (Å²) in [5.41, 5.74) is 4.60. The van der Waals surface area contributed by atoms with Crippen LogP contribution in [0.2, 0.25) is 0 Å². The maximum atomic E-state index is 4.24.